The summed E-state index contributed by atoms with van der Waals surface area (Å²) in [6.45, 7) is 2.01. The fourth-order valence-corrected chi connectivity index (χ4v) is 2.64. The molecule has 0 atom stereocenters. The van der Waals surface area contributed by atoms with E-state index in [1.54, 1.807) is 11.3 Å². The van der Waals surface area contributed by atoms with Crippen molar-refractivity contribution in [2.24, 2.45) is 0 Å². The van der Waals surface area contributed by atoms with Crippen LogP contribution in [0.25, 0.3) is 10.1 Å². The van der Waals surface area contributed by atoms with E-state index in [0.29, 0.717) is 5.75 Å². The van der Waals surface area contributed by atoms with Gasteiger partial charge in [-0.15, -0.1) is 11.3 Å². The normalized spacial score (nSPS) is 10.8. The Labute approximate surface area is 88.2 Å². The van der Waals surface area contributed by atoms with Gasteiger partial charge < -0.3 is 5.11 Å². The minimum Gasteiger partial charge on any atom is -0.505 e. The molecule has 0 saturated heterocycles. The van der Waals surface area contributed by atoms with Gasteiger partial charge in [0.05, 0.1) is 8.27 Å². The molecule has 0 unspecified atom stereocenters. The maximum Gasteiger partial charge on any atom is 0.146 e. The zero-order valence-electron chi connectivity index (χ0n) is 6.47. The Morgan fingerprint density at radius 3 is 3.00 bits per heavy atom. The first-order chi connectivity index (χ1) is 5.70. The number of thiophene rings is 1. The number of hydrogen-bond donors (Lipinski definition) is 1. The highest BCUT2D eigenvalue weighted by Crippen LogP contribution is 2.35. The third-order valence-electron chi connectivity index (χ3n) is 1.84. The summed E-state index contributed by atoms with van der Waals surface area (Å²) in [5, 5.41) is 12.9. The van der Waals surface area contributed by atoms with Crippen molar-refractivity contribution in [3.8, 4) is 5.75 Å². The molecule has 0 aliphatic carbocycles. The topological polar surface area (TPSA) is 20.2 Å². The van der Waals surface area contributed by atoms with Crippen molar-refractivity contribution in [2.45, 2.75) is 6.92 Å². The van der Waals surface area contributed by atoms with Crippen molar-refractivity contribution in [3.05, 3.63) is 26.6 Å². The average Bonchev–Trinajstić information content (AvgIpc) is 2.48. The zero-order valence-corrected chi connectivity index (χ0v) is 9.44. The van der Waals surface area contributed by atoms with Crippen LogP contribution in [0.15, 0.2) is 17.5 Å². The molecule has 0 aliphatic rings. The third-order valence-corrected chi connectivity index (χ3v) is 4.14. The summed E-state index contributed by atoms with van der Waals surface area (Å²) in [6, 6.07) is 4.14. The summed E-state index contributed by atoms with van der Waals surface area (Å²) < 4.78 is 1.95. The van der Waals surface area contributed by atoms with Gasteiger partial charge in [0, 0.05) is 0 Å². The molecule has 0 radical (unpaired) electrons. The van der Waals surface area contributed by atoms with Gasteiger partial charge in [-0.1, -0.05) is 0 Å². The average molecular weight is 290 g/mol. The van der Waals surface area contributed by atoms with E-state index in [4.69, 9.17) is 0 Å². The lowest BCUT2D eigenvalue weighted by molar-refractivity contribution is 0.478. The maximum absolute atomic E-state index is 9.73. The first-order valence-electron chi connectivity index (χ1n) is 3.55. The molecule has 1 aromatic carbocycles. The lowest BCUT2D eigenvalue weighted by atomic mass is 10.2. The van der Waals surface area contributed by atoms with Gasteiger partial charge in [-0.2, -0.15) is 0 Å². The summed E-state index contributed by atoms with van der Waals surface area (Å²) in [5.74, 6) is 0.431. The smallest absolute Gasteiger partial charge is 0.146 e. The molecule has 2 aromatic rings. The van der Waals surface area contributed by atoms with Crippen LogP contribution in [-0.2, 0) is 0 Å². The van der Waals surface area contributed by atoms with Gasteiger partial charge in [0.2, 0.25) is 0 Å². The summed E-state index contributed by atoms with van der Waals surface area (Å²) in [5.41, 5.74) is 1.14. The second-order valence-electron chi connectivity index (χ2n) is 2.70. The van der Waals surface area contributed by atoms with Crippen LogP contribution in [-0.4, -0.2) is 5.11 Å². The highest BCUT2D eigenvalue weighted by atomic mass is 127. The van der Waals surface area contributed by atoms with Crippen LogP contribution in [0.4, 0.5) is 0 Å². The van der Waals surface area contributed by atoms with Gasteiger partial charge in [0.25, 0.3) is 0 Å². The van der Waals surface area contributed by atoms with Crippen LogP contribution in [0.1, 0.15) is 5.56 Å². The van der Waals surface area contributed by atoms with Crippen LogP contribution >= 0.6 is 33.9 Å². The van der Waals surface area contributed by atoms with Gasteiger partial charge in [0.15, 0.2) is 0 Å². The number of aromatic hydroxyl groups is 1. The van der Waals surface area contributed by atoms with Crippen molar-refractivity contribution >= 4 is 44.0 Å². The second kappa shape index (κ2) is 2.88. The molecule has 2 rings (SSSR count). The number of phenols is 1. The van der Waals surface area contributed by atoms with Crippen LogP contribution in [0, 0.1) is 10.5 Å². The monoisotopic (exact) mass is 290 g/mol. The molecule has 0 amide bonds. The van der Waals surface area contributed by atoms with Gasteiger partial charge in [-0.05, 0) is 58.0 Å². The fraction of sp³-hybridized carbons (Fsp3) is 0.111. The Bertz CT molecular complexity index is 433. The second-order valence-corrected chi connectivity index (χ2v) is 4.69. The van der Waals surface area contributed by atoms with Gasteiger partial charge in [-0.25, -0.2) is 0 Å². The van der Waals surface area contributed by atoms with Crippen LogP contribution < -0.4 is 0 Å². The van der Waals surface area contributed by atoms with Crippen molar-refractivity contribution in [1.82, 2.24) is 0 Å². The van der Waals surface area contributed by atoms with E-state index in [9.17, 15) is 5.11 Å². The zero-order chi connectivity index (χ0) is 8.72. The van der Waals surface area contributed by atoms with E-state index in [1.165, 1.54) is 0 Å². The molecule has 0 spiro atoms. The third kappa shape index (κ3) is 1.11. The molecule has 12 heavy (non-hydrogen) atoms. The first kappa shape index (κ1) is 8.31. The number of rotatable bonds is 0. The molecule has 0 bridgehead atoms. The highest BCUT2D eigenvalue weighted by Gasteiger charge is 2.07. The van der Waals surface area contributed by atoms with Crippen LogP contribution in [0.2, 0.25) is 0 Å². The molecule has 62 valence electrons. The van der Waals surface area contributed by atoms with Gasteiger partial charge >= 0.3 is 0 Å². The van der Waals surface area contributed by atoms with Crippen molar-refractivity contribution in [2.75, 3.05) is 0 Å². The molecule has 0 aliphatic heterocycles. The van der Waals surface area contributed by atoms with Crippen LogP contribution in [0.5, 0.6) is 5.75 Å². The summed E-state index contributed by atoms with van der Waals surface area (Å²) >= 11 is 3.75. The molecule has 1 heterocycles. The highest BCUT2D eigenvalue weighted by molar-refractivity contribution is 14.1. The first-order valence-corrected chi connectivity index (χ1v) is 5.51. The quantitative estimate of drug-likeness (QED) is 0.736. The summed E-state index contributed by atoms with van der Waals surface area (Å²) in [7, 11) is 0. The minimum atomic E-state index is 0.431. The van der Waals surface area contributed by atoms with E-state index >= 15 is 0 Å². The van der Waals surface area contributed by atoms with Gasteiger partial charge in [0.1, 0.15) is 5.75 Å². The molecule has 1 aromatic heterocycles. The van der Waals surface area contributed by atoms with Crippen molar-refractivity contribution in [3.63, 3.8) is 0 Å². The fourth-order valence-electron chi connectivity index (χ4n) is 1.21. The molecule has 0 fully saturated rings. The molecule has 1 nitrogen and oxygen atoms in total. The Balaban J connectivity index is 2.94. The van der Waals surface area contributed by atoms with E-state index < -0.39 is 0 Å². The largest absolute Gasteiger partial charge is 0.505 e. The van der Waals surface area contributed by atoms with Gasteiger partial charge in [-0.3, -0.25) is 0 Å². The molecular formula is C9H7IOS. The van der Waals surface area contributed by atoms with Crippen molar-refractivity contribution < 1.29 is 5.11 Å². The number of aryl methyl sites for hydroxylation is 1. The Morgan fingerprint density at radius 2 is 2.25 bits per heavy atom. The van der Waals surface area contributed by atoms with E-state index in [0.717, 1.165) is 19.2 Å². The maximum atomic E-state index is 9.73. The summed E-state index contributed by atoms with van der Waals surface area (Å²) in [4.78, 5) is 0. The number of benzene rings is 1. The molecule has 3 heteroatoms. The number of fused-ring (bicyclic) bond motifs is 1. The van der Waals surface area contributed by atoms with E-state index in [1.807, 2.05) is 18.4 Å². The molecule has 0 saturated carbocycles. The minimum absolute atomic E-state index is 0.431. The SMILES string of the molecule is Cc1cc2ccsc2c(O)c1I. The summed E-state index contributed by atoms with van der Waals surface area (Å²) in [6.07, 6.45) is 0. The Kier molecular flexibility index (Phi) is 2.00. The van der Waals surface area contributed by atoms with Crippen molar-refractivity contribution in [1.29, 1.82) is 0 Å². The van der Waals surface area contributed by atoms with E-state index in [2.05, 4.69) is 28.7 Å². The number of phenolic OH excluding ortho intramolecular Hbond substituents is 1. The Morgan fingerprint density at radius 1 is 1.50 bits per heavy atom. The predicted octanol–water partition coefficient (Wildman–Crippen LogP) is 3.52. The van der Waals surface area contributed by atoms with Crippen LogP contribution in [0.3, 0.4) is 0 Å². The molecule has 1 N–H and O–H groups in total. The van der Waals surface area contributed by atoms with E-state index in [-0.39, 0.29) is 0 Å². The standard InChI is InChI=1S/C9H7IOS/c1-5-4-6-2-3-12-9(6)8(11)7(5)10/h2-4,11H,1H3. The predicted molar refractivity (Wildman–Crippen MR) is 60.9 cm³/mol. The number of halogens is 1. The lowest BCUT2D eigenvalue weighted by Crippen LogP contribution is -1.80. The molecular weight excluding hydrogens is 283 g/mol. The lowest BCUT2D eigenvalue weighted by Gasteiger charge is -2.01. The Hall–Kier alpha value is -0.290. The number of hydrogen-bond acceptors (Lipinski definition) is 2.